The predicted molar refractivity (Wildman–Crippen MR) is 83.0 cm³/mol. The lowest BCUT2D eigenvalue weighted by atomic mass is 10.2. The first-order valence-corrected chi connectivity index (χ1v) is 6.86. The number of hydrogen-bond acceptors (Lipinski definition) is 4. The molecule has 0 aromatic heterocycles. The van der Waals surface area contributed by atoms with Gasteiger partial charge in [-0.25, -0.2) is 9.69 Å². The zero-order valence-corrected chi connectivity index (χ0v) is 12.2. The molecule has 113 valence electrons. The SMILES string of the molecule is C[C@H](N)C(=O)N(C(=O)OCc1ccccc1)c1[c]cccc1. The van der Waals surface area contributed by atoms with Crippen LogP contribution in [0.3, 0.4) is 0 Å². The van der Waals surface area contributed by atoms with Crippen LogP contribution >= 0.6 is 0 Å². The van der Waals surface area contributed by atoms with E-state index in [1.165, 1.54) is 6.92 Å². The van der Waals surface area contributed by atoms with Crippen molar-refractivity contribution in [2.75, 3.05) is 4.90 Å². The van der Waals surface area contributed by atoms with Gasteiger partial charge in [0.25, 0.3) is 5.91 Å². The van der Waals surface area contributed by atoms with Crippen LogP contribution in [0.4, 0.5) is 10.5 Å². The van der Waals surface area contributed by atoms with Crippen LogP contribution in [0.25, 0.3) is 0 Å². The molecule has 2 aromatic rings. The van der Waals surface area contributed by atoms with Crippen LogP contribution in [0.1, 0.15) is 12.5 Å². The number of anilines is 1. The second-order valence-corrected chi connectivity index (χ2v) is 4.75. The molecule has 22 heavy (non-hydrogen) atoms. The van der Waals surface area contributed by atoms with E-state index >= 15 is 0 Å². The van der Waals surface area contributed by atoms with Gasteiger partial charge in [0.15, 0.2) is 0 Å². The summed E-state index contributed by atoms with van der Waals surface area (Å²) in [7, 11) is 0. The maximum atomic E-state index is 12.3. The standard InChI is InChI=1S/C17H17N2O3/c1-13(18)16(20)19(15-10-6-3-7-11-15)17(21)22-12-14-8-4-2-5-9-14/h2-10,13H,12,18H2,1H3/t13-/m0/s1. The van der Waals surface area contributed by atoms with Crippen LogP contribution < -0.4 is 10.6 Å². The number of para-hydroxylation sites is 1. The molecular weight excluding hydrogens is 280 g/mol. The Kier molecular flexibility index (Phi) is 5.27. The highest BCUT2D eigenvalue weighted by atomic mass is 16.6. The molecular formula is C17H17N2O3. The summed E-state index contributed by atoms with van der Waals surface area (Å²) in [4.78, 5) is 25.4. The summed E-state index contributed by atoms with van der Waals surface area (Å²) >= 11 is 0. The van der Waals surface area contributed by atoms with E-state index in [1.807, 2.05) is 30.3 Å². The molecule has 5 heteroatoms. The molecule has 1 atom stereocenters. The van der Waals surface area contributed by atoms with Crippen LogP contribution in [0, 0.1) is 6.07 Å². The largest absolute Gasteiger partial charge is 0.444 e. The van der Waals surface area contributed by atoms with Gasteiger partial charge in [-0.05, 0) is 18.6 Å². The Morgan fingerprint density at radius 1 is 1.18 bits per heavy atom. The van der Waals surface area contributed by atoms with Crippen molar-refractivity contribution < 1.29 is 14.3 Å². The third kappa shape index (κ3) is 3.93. The lowest BCUT2D eigenvalue weighted by Crippen LogP contribution is -2.46. The van der Waals surface area contributed by atoms with E-state index in [-0.39, 0.29) is 6.61 Å². The average molecular weight is 297 g/mol. The first kappa shape index (κ1) is 15.7. The first-order chi connectivity index (χ1) is 10.6. The molecule has 5 nitrogen and oxygen atoms in total. The number of ether oxygens (including phenoxy) is 1. The molecule has 0 fully saturated rings. The van der Waals surface area contributed by atoms with E-state index in [1.54, 1.807) is 24.3 Å². The first-order valence-electron chi connectivity index (χ1n) is 6.86. The number of nitrogens with two attached hydrogens (primary N) is 1. The van der Waals surface area contributed by atoms with Gasteiger partial charge in [0, 0.05) is 6.07 Å². The Balaban J connectivity index is 2.14. The van der Waals surface area contributed by atoms with E-state index in [0.717, 1.165) is 10.5 Å². The van der Waals surface area contributed by atoms with Crippen molar-refractivity contribution in [2.45, 2.75) is 19.6 Å². The van der Waals surface area contributed by atoms with Crippen LogP contribution in [-0.4, -0.2) is 18.0 Å². The van der Waals surface area contributed by atoms with Gasteiger partial charge in [-0.2, -0.15) is 0 Å². The molecule has 0 aliphatic heterocycles. The van der Waals surface area contributed by atoms with E-state index < -0.39 is 18.0 Å². The topological polar surface area (TPSA) is 72.6 Å². The summed E-state index contributed by atoms with van der Waals surface area (Å²) in [6.45, 7) is 1.60. The van der Waals surface area contributed by atoms with Gasteiger partial charge in [0.1, 0.15) is 6.61 Å². The summed E-state index contributed by atoms with van der Waals surface area (Å²) in [5, 5.41) is 0. The molecule has 1 radical (unpaired) electrons. The number of carbonyl (C=O) groups excluding carboxylic acids is 2. The molecule has 0 bridgehead atoms. The fourth-order valence-corrected chi connectivity index (χ4v) is 1.82. The minimum Gasteiger partial charge on any atom is -0.444 e. The van der Waals surface area contributed by atoms with E-state index in [2.05, 4.69) is 6.07 Å². The third-order valence-corrected chi connectivity index (χ3v) is 2.93. The van der Waals surface area contributed by atoms with Crippen molar-refractivity contribution in [2.24, 2.45) is 5.73 Å². The van der Waals surface area contributed by atoms with Crippen molar-refractivity contribution >= 4 is 17.7 Å². The maximum absolute atomic E-state index is 12.3. The number of nitrogens with zero attached hydrogens (tertiary/aromatic N) is 1. The van der Waals surface area contributed by atoms with Gasteiger partial charge in [0.2, 0.25) is 0 Å². The Morgan fingerprint density at radius 3 is 2.45 bits per heavy atom. The lowest BCUT2D eigenvalue weighted by Gasteiger charge is -2.21. The molecule has 0 unspecified atom stereocenters. The van der Waals surface area contributed by atoms with Gasteiger partial charge in [-0.1, -0.05) is 48.5 Å². The minimum atomic E-state index is -0.821. The van der Waals surface area contributed by atoms with Gasteiger partial charge in [0.05, 0.1) is 11.7 Å². The Bertz CT molecular complexity index is 627. The zero-order valence-electron chi connectivity index (χ0n) is 12.2. The molecule has 0 aliphatic carbocycles. The second-order valence-electron chi connectivity index (χ2n) is 4.75. The molecule has 0 aliphatic rings. The summed E-state index contributed by atoms with van der Waals surface area (Å²) in [5.74, 6) is -0.541. The van der Waals surface area contributed by atoms with Crippen molar-refractivity contribution in [1.82, 2.24) is 0 Å². The molecule has 0 spiro atoms. The number of carbonyl (C=O) groups is 2. The lowest BCUT2D eigenvalue weighted by molar-refractivity contribution is -0.119. The van der Waals surface area contributed by atoms with E-state index in [9.17, 15) is 9.59 Å². The highest BCUT2D eigenvalue weighted by molar-refractivity contribution is 6.13. The van der Waals surface area contributed by atoms with Gasteiger partial charge < -0.3 is 10.5 Å². The Hall–Kier alpha value is -2.66. The molecule has 0 saturated heterocycles. The smallest absolute Gasteiger partial charge is 0.421 e. The van der Waals surface area contributed by atoms with Crippen LogP contribution in [0.15, 0.2) is 54.6 Å². The van der Waals surface area contributed by atoms with Crippen molar-refractivity contribution in [3.8, 4) is 0 Å². The molecule has 0 saturated carbocycles. The second kappa shape index (κ2) is 7.38. The van der Waals surface area contributed by atoms with Crippen molar-refractivity contribution in [3.05, 3.63) is 66.2 Å². The zero-order chi connectivity index (χ0) is 15.9. The predicted octanol–water partition coefficient (Wildman–Crippen LogP) is 2.50. The van der Waals surface area contributed by atoms with Crippen molar-refractivity contribution in [1.29, 1.82) is 0 Å². The molecule has 2 rings (SSSR count). The highest BCUT2D eigenvalue weighted by Gasteiger charge is 2.27. The van der Waals surface area contributed by atoms with Crippen LogP contribution in [0.5, 0.6) is 0 Å². The van der Waals surface area contributed by atoms with Crippen LogP contribution in [-0.2, 0) is 16.1 Å². The summed E-state index contributed by atoms with van der Waals surface area (Å²) in [6, 6.07) is 17.9. The molecule has 2 aromatic carbocycles. The van der Waals surface area contributed by atoms with E-state index in [0.29, 0.717) is 5.69 Å². The van der Waals surface area contributed by atoms with Gasteiger partial charge >= 0.3 is 6.09 Å². The number of rotatable bonds is 4. The van der Waals surface area contributed by atoms with E-state index in [4.69, 9.17) is 10.5 Å². The average Bonchev–Trinajstić information content (AvgIpc) is 2.55. The number of imide groups is 1. The number of amides is 2. The van der Waals surface area contributed by atoms with Gasteiger partial charge in [-0.15, -0.1) is 0 Å². The Labute approximate surface area is 129 Å². The fourth-order valence-electron chi connectivity index (χ4n) is 1.82. The number of benzene rings is 2. The summed E-state index contributed by atoms with van der Waals surface area (Å²) in [6.07, 6.45) is -0.770. The van der Waals surface area contributed by atoms with Crippen LogP contribution in [0.2, 0.25) is 0 Å². The summed E-state index contributed by atoms with van der Waals surface area (Å²) in [5.41, 5.74) is 6.75. The monoisotopic (exact) mass is 297 g/mol. The van der Waals surface area contributed by atoms with Crippen molar-refractivity contribution in [3.63, 3.8) is 0 Å². The number of hydrogen-bond donors (Lipinski definition) is 1. The molecule has 2 amide bonds. The Morgan fingerprint density at radius 2 is 1.86 bits per heavy atom. The minimum absolute atomic E-state index is 0.0786. The molecule has 2 N–H and O–H groups in total. The maximum Gasteiger partial charge on any atom is 0.421 e. The third-order valence-electron chi connectivity index (χ3n) is 2.93. The normalized spacial score (nSPS) is 11.5. The fraction of sp³-hybridized carbons (Fsp3) is 0.176. The highest BCUT2D eigenvalue weighted by Crippen LogP contribution is 2.16. The van der Waals surface area contributed by atoms with Gasteiger partial charge in [-0.3, -0.25) is 4.79 Å². The quantitative estimate of drug-likeness (QED) is 0.941. The summed E-state index contributed by atoms with van der Waals surface area (Å²) < 4.78 is 5.21. The molecule has 0 heterocycles.